The van der Waals surface area contributed by atoms with Crippen molar-refractivity contribution in [2.45, 2.75) is 25.3 Å². The highest BCUT2D eigenvalue weighted by Crippen LogP contribution is 2.52. The fourth-order valence-corrected chi connectivity index (χ4v) is 4.16. The van der Waals surface area contributed by atoms with E-state index in [0.717, 1.165) is 48.5 Å². The van der Waals surface area contributed by atoms with Gasteiger partial charge >= 0.3 is 0 Å². The van der Waals surface area contributed by atoms with Crippen LogP contribution in [0, 0.1) is 5.41 Å². The third-order valence-corrected chi connectivity index (χ3v) is 6.06. The molecule has 7 heteroatoms. The number of halogens is 1. The highest BCUT2D eigenvalue weighted by atomic mass is 35.5. The van der Waals surface area contributed by atoms with Crippen LogP contribution in [-0.4, -0.2) is 39.3 Å². The second-order valence-corrected chi connectivity index (χ2v) is 7.55. The molecular formula is C18H19ClN6. The molecule has 3 aromatic rings. The predicted octanol–water partition coefficient (Wildman–Crippen LogP) is 2.99. The van der Waals surface area contributed by atoms with Gasteiger partial charge in [0.1, 0.15) is 11.3 Å². The summed E-state index contributed by atoms with van der Waals surface area (Å²) in [5.41, 5.74) is 9.55. The fourth-order valence-electron chi connectivity index (χ4n) is 3.93. The number of aromatic amines is 1. The van der Waals surface area contributed by atoms with E-state index in [1.807, 2.05) is 30.5 Å². The quantitative estimate of drug-likeness (QED) is 0.739. The van der Waals surface area contributed by atoms with Gasteiger partial charge in [-0.25, -0.2) is 9.97 Å². The summed E-state index contributed by atoms with van der Waals surface area (Å²) in [6, 6.07) is 8.06. The summed E-state index contributed by atoms with van der Waals surface area (Å²) in [5, 5.41) is 8.04. The molecule has 0 bridgehead atoms. The lowest BCUT2D eigenvalue weighted by Gasteiger charge is -2.33. The van der Waals surface area contributed by atoms with Gasteiger partial charge in [-0.1, -0.05) is 29.8 Å². The van der Waals surface area contributed by atoms with Crippen molar-refractivity contribution in [1.29, 1.82) is 0 Å². The van der Waals surface area contributed by atoms with Gasteiger partial charge in [-0.05, 0) is 30.7 Å². The molecule has 1 aliphatic heterocycles. The van der Waals surface area contributed by atoms with E-state index in [1.165, 1.54) is 6.42 Å². The second-order valence-electron chi connectivity index (χ2n) is 7.14. The maximum Gasteiger partial charge on any atom is 0.202 e. The largest absolute Gasteiger partial charge is 0.355 e. The topological polar surface area (TPSA) is 83.7 Å². The number of hydrogen-bond acceptors (Lipinski definition) is 5. The summed E-state index contributed by atoms with van der Waals surface area (Å²) < 4.78 is 0. The van der Waals surface area contributed by atoms with Crippen LogP contribution in [0.1, 0.15) is 19.3 Å². The van der Waals surface area contributed by atoms with Gasteiger partial charge in [-0.3, -0.25) is 5.10 Å². The molecule has 1 saturated heterocycles. The van der Waals surface area contributed by atoms with Gasteiger partial charge in [0.15, 0.2) is 0 Å². The minimum absolute atomic E-state index is 0.396. The maximum atomic E-state index is 6.30. The molecular weight excluding hydrogens is 336 g/mol. The molecule has 128 valence electrons. The summed E-state index contributed by atoms with van der Waals surface area (Å²) >= 11 is 6.30. The molecule has 2 fully saturated rings. The molecule has 1 aliphatic carbocycles. The number of hydrogen-bond donors (Lipinski definition) is 2. The lowest BCUT2D eigenvalue weighted by molar-refractivity contribution is 0.370. The third kappa shape index (κ3) is 2.40. The van der Waals surface area contributed by atoms with E-state index in [2.05, 4.69) is 20.1 Å². The summed E-state index contributed by atoms with van der Waals surface area (Å²) in [6.07, 6.45) is 5.29. The van der Waals surface area contributed by atoms with Crippen molar-refractivity contribution < 1.29 is 0 Å². The molecule has 0 radical (unpaired) electrons. The molecule has 25 heavy (non-hydrogen) atoms. The number of piperidine rings is 1. The van der Waals surface area contributed by atoms with Gasteiger partial charge in [-0.15, -0.1) is 0 Å². The van der Waals surface area contributed by atoms with Crippen molar-refractivity contribution in [3.05, 3.63) is 35.5 Å². The molecule has 2 aromatic heterocycles. The molecule has 1 saturated carbocycles. The first-order valence-corrected chi connectivity index (χ1v) is 9.01. The van der Waals surface area contributed by atoms with Crippen molar-refractivity contribution in [3.8, 4) is 11.3 Å². The summed E-state index contributed by atoms with van der Waals surface area (Å²) in [7, 11) is 0. The highest BCUT2D eigenvalue weighted by Gasteiger charge is 2.52. The summed E-state index contributed by atoms with van der Waals surface area (Å²) in [5.74, 6) is 0.883. The summed E-state index contributed by atoms with van der Waals surface area (Å²) in [6.45, 7) is 1.96. The van der Waals surface area contributed by atoms with Crippen LogP contribution in [0.5, 0.6) is 0 Å². The molecule has 1 spiro atoms. The Morgan fingerprint density at radius 2 is 2.00 bits per heavy atom. The number of benzene rings is 1. The lowest BCUT2D eigenvalue weighted by atomic mass is 9.93. The normalized spacial score (nSPS) is 21.8. The Bertz CT molecular complexity index is 944. The number of nitrogens with zero attached hydrogens (tertiary/aromatic N) is 4. The van der Waals surface area contributed by atoms with Crippen molar-refractivity contribution in [1.82, 2.24) is 20.2 Å². The highest BCUT2D eigenvalue weighted by molar-refractivity contribution is 6.33. The Balaban J connectivity index is 1.45. The van der Waals surface area contributed by atoms with Crippen LogP contribution >= 0.6 is 11.6 Å². The van der Waals surface area contributed by atoms with Crippen LogP contribution in [0.2, 0.25) is 5.02 Å². The molecule has 1 atom stereocenters. The number of H-pyrrole nitrogens is 1. The van der Waals surface area contributed by atoms with Crippen molar-refractivity contribution in [2.24, 2.45) is 11.1 Å². The molecule has 2 aliphatic rings. The van der Waals surface area contributed by atoms with E-state index < -0.39 is 0 Å². The second kappa shape index (κ2) is 5.41. The van der Waals surface area contributed by atoms with E-state index >= 15 is 0 Å². The Hall–Kier alpha value is -2.18. The minimum Gasteiger partial charge on any atom is -0.355 e. The maximum absolute atomic E-state index is 6.30. The van der Waals surface area contributed by atoms with Gasteiger partial charge in [0, 0.05) is 24.7 Å². The van der Waals surface area contributed by atoms with Crippen molar-refractivity contribution in [3.63, 3.8) is 0 Å². The number of fused-ring (bicyclic) bond motifs is 1. The average Bonchev–Trinajstić information content (AvgIpc) is 3.06. The van der Waals surface area contributed by atoms with Crippen molar-refractivity contribution >= 4 is 28.6 Å². The van der Waals surface area contributed by atoms with Gasteiger partial charge < -0.3 is 10.6 Å². The first-order chi connectivity index (χ1) is 12.2. The number of nitrogens with two attached hydrogens (primary N) is 1. The van der Waals surface area contributed by atoms with E-state index in [-0.39, 0.29) is 0 Å². The van der Waals surface area contributed by atoms with Crippen molar-refractivity contribution in [2.75, 3.05) is 18.0 Å². The van der Waals surface area contributed by atoms with E-state index in [1.54, 1.807) is 0 Å². The van der Waals surface area contributed by atoms with E-state index in [9.17, 15) is 0 Å². The van der Waals surface area contributed by atoms with Crippen LogP contribution < -0.4 is 10.6 Å². The molecule has 0 amide bonds. The van der Waals surface area contributed by atoms with E-state index in [4.69, 9.17) is 22.3 Å². The molecule has 5 rings (SSSR count). The Morgan fingerprint density at radius 1 is 1.24 bits per heavy atom. The molecule has 3 heterocycles. The zero-order valence-electron chi connectivity index (χ0n) is 13.7. The van der Waals surface area contributed by atoms with Gasteiger partial charge in [-0.2, -0.15) is 5.10 Å². The monoisotopic (exact) mass is 354 g/mol. The molecule has 3 N–H and O–H groups in total. The first kappa shape index (κ1) is 15.1. The number of anilines is 1. The molecule has 1 aromatic carbocycles. The minimum atomic E-state index is 0.396. The smallest absolute Gasteiger partial charge is 0.202 e. The van der Waals surface area contributed by atoms with Crippen LogP contribution in [0.25, 0.3) is 22.4 Å². The Labute approximate surface area is 150 Å². The van der Waals surface area contributed by atoms with Crippen LogP contribution in [-0.2, 0) is 0 Å². The Morgan fingerprint density at radius 3 is 2.72 bits per heavy atom. The molecule has 6 nitrogen and oxygen atoms in total. The number of nitrogens with one attached hydrogen (secondary N) is 1. The predicted molar refractivity (Wildman–Crippen MR) is 98.6 cm³/mol. The fraction of sp³-hybridized carbons (Fsp3) is 0.389. The van der Waals surface area contributed by atoms with Crippen LogP contribution in [0.3, 0.4) is 0 Å². The number of rotatable bonds is 2. The zero-order valence-corrected chi connectivity index (χ0v) is 14.5. The standard InChI is InChI=1S/C18H19ClN6/c19-12-4-2-1-3-11(12)15-16-17(24-23-15)22-14(10-21-16)25-7-5-18(6-8-25)9-13(18)20/h1-4,10,13H,5-9,20H2,(H,22,23,24)/t13-/m1/s1. The van der Waals surface area contributed by atoms with Crippen LogP contribution in [0.15, 0.2) is 30.5 Å². The van der Waals surface area contributed by atoms with Crippen LogP contribution in [0.4, 0.5) is 5.82 Å². The summed E-state index contributed by atoms with van der Waals surface area (Å²) in [4.78, 5) is 11.6. The number of aromatic nitrogens is 4. The SMILES string of the molecule is N[C@@H]1CC12CCN(c1cnc3c(-c4ccccc4Cl)[nH]nc3n1)CC2. The molecule has 0 unspecified atom stereocenters. The Kier molecular flexibility index (Phi) is 3.27. The average molecular weight is 355 g/mol. The third-order valence-electron chi connectivity index (χ3n) is 5.73. The van der Waals surface area contributed by atoms with Gasteiger partial charge in [0.2, 0.25) is 5.65 Å². The van der Waals surface area contributed by atoms with Gasteiger partial charge in [0.25, 0.3) is 0 Å². The van der Waals surface area contributed by atoms with Gasteiger partial charge in [0.05, 0.1) is 16.9 Å². The first-order valence-electron chi connectivity index (χ1n) is 8.63. The van der Waals surface area contributed by atoms with E-state index in [0.29, 0.717) is 22.1 Å². The lowest BCUT2D eigenvalue weighted by Crippen LogP contribution is -2.37. The zero-order chi connectivity index (χ0) is 17.0.